The molecule has 8 heteroatoms. The number of halogens is 3. The molecule has 1 unspecified atom stereocenters. The zero-order chi connectivity index (χ0) is 19.0. The SMILES string of the molecule is ClC(Cl)(Cl)C1c2c(ccc3c2OCO3)C=C2c3cc4c(cc3CCN21)OCO4. The molecule has 4 aliphatic rings. The molecular weight excluding hydrogens is 425 g/mol. The predicted octanol–water partition coefficient (Wildman–Crippen LogP) is 4.93. The second-order valence-electron chi connectivity index (χ2n) is 7.08. The fourth-order valence-electron chi connectivity index (χ4n) is 4.43. The largest absolute Gasteiger partial charge is 0.454 e. The molecule has 0 N–H and O–H groups in total. The van der Waals surface area contributed by atoms with Crippen LogP contribution in [-0.4, -0.2) is 28.8 Å². The Labute approximate surface area is 176 Å². The van der Waals surface area contributed by atoms with Gasteiger partial charge in [-0.2, -0.15) is 0 Å². The van der Waals surface area contributed by atoms with Gasteiger partial charge in [0.2, 0.25) is 17.4 Å². The van der Waals surface area contributed by atoms with Crippen LogP contribution in [0.2, 0.25) is 0 Å². The first-order valence-electron chi connectivity index (χ1n) is 8.91. The lowest BCUT2D eigenvalue weighted by Crippen LogP contribution is -2.41. The third-order valence-electron chi connectivity index (χ3n) is 5.60. The van der Waals surface area contributed by atoms with E-state index < -0.39 is 9.83 Å². The molecule has 28 heavy (non-hydrogen) atoms. The first-order valence-corrected chi connectivity index (χ1v) is 10.0. The van der Waals surface area contributed by atoms with E-state index in [0.717, 1.165) is 40.3 Å². The Hall–Kier alpha value is -1.95. The summed E-state index contributed by atoms with van der Waals surface area (Å²) in [5, 5.41) is 0. The third kappa shape index (κ3) is 2.33. The van der Waals surface area contributed by atoms with E-state index in [-0.39, 0.29) is 13.6 Å². The molecule has 0 radical (unpaired) electrons. The first kappa shape index (κ1) is 17.0. The van der Waals surface area contributed by atoms with Crippen molar-refractivity contribution in [2.75, 3.05) is 20.1 Å². The van der Waals surface area contributed by atoms with Gasteiger partial charge >= 0.3 is 0 Å². The van der Waals surface area contributed by atoms with Crippen molar-refractivity contribution >= 4 is 46.6 Å². The lowest BCUT2D eigenvalue weighted by Gasteiger charge is -2.45. The van der Waals surface area contributed by atoms with E-state index in [4.69, 9.17) is 53.8 Å². The molecule has 0 saturated heterocycles. The van der Waals surface area contributed by atoms with Gasteiger partial charge in [0.05, 0.1) is 0 Å². The van der Waals surface area contributed by atoms with Crippen molar-refractivity contribution in [3.63, 3.8) is 0 Å². The third-order valence-corrected chi connectivity index (χ3v) is 6.22. The number of nitrogens with zero attached hydrogens (tertiary/aromatic N) is 1. The molecule has 0 aliphatic carbocycles. The molecule has 4 heterocycles. The maximum Gasteiger partial charge on any atom is 0.231 e. The highest BCUT2D eigenvalue weighted by molar-refractivity contribution is 6.68. The van der Waals surface area contributed by atoms with Gasteiger partial charge in [-0.1, -0.05) is 40.9 Å². The molecule has 2 aromatic carbocycles. The highest BCUT2D eigenvalue weighted by Crippen LogP contribution is 2.57. The number of rotatable bonds is 0. The van der Waals surface area contributed by atoms with Crippen molar-refractivity contribution in [3.05, 3.63) is 46.5 Å². The van der Waals surface area contributed by atoms with Crippen LogP contribution in [0, 0.1) is 0 Å². The van der Waals surface area contributed by atoms with E-state index in [0.29, 0.717) is 18.0 Å². The summed E-state index contributed by atoms with van der Waals surface area (Å²) in [6, 6.07) is 7.45. The van der Waals surface area contributed by atoms with E-state index in [1.807, 2.05) is 18.2 Å². The van der Waals surface area contributed by atoms with Crippen molar-refractivity contribution in [3.8, 4) is 23.0 Å². The summed E-state index contributed by atoms with van der Waals surface area (Å²) in [5.74, 6) is 2.85. The van der Waals surface area contributed by atoms with Crippen LogP contribution in [0.4, 0.5) is 0 Å². The molecule has 0 bridgehead atoms. The Morgan fingerprint density at radius 2 is 1.68 bits per heavy atom. The van der Waals surface area contributed by atoms with Crippen molar-refractivity contribution in [1.29, 1.82) is 0 Å². The maximum absolute atomic E-state index is 6.50. The van der Waals surface area contributed by atoms with Gasteiger partial charge in [0.25, 0.3) is 0 Å². The standard InChI is InChI=1S/C20H14Cl3NO4/c21-20(22,23)19-17-11(1-2-14-18(17)28-9-25-14)5-13-12-7-16-15(26-8-27-16)6-10(12)3-4-24(13)19/h1-2,5-7,19H,3-4,8-9H2. The summed E-state index contributed by atoms with van der Waals surface area (Å²) in [6.45, 7) is 1.12. The number of hydrogen-bond donors (Lipinski definition) is 0. The molecule has 5 nitrogen and oxygen atoms in total. The highest BCUT2D eigenvalue weighted by Gasteiger charge is 2.47. The van der Waals surface area contributed by atoms with Gasteiger partial charge in [-0.15, -0.1) is 0 Å². The van der Waals surface area contributed by atoms with Crippen LogP contribution in [0.3, 0.4) is 0 Å². The van der Waals surface area contributed by atoms with Crippen LogP contribution >= 0.6 is 34.8 Å². The lowest BCUT2D eigenvalue weighted by molar-refractivity contribution is 0.171. The first-order chi connectivity index (χ1) is 13.5. The van der Waals surface area contributed by atoms with E-state index >= 15 is 0 Å². The van der Waals surface area contributed by atoms with Gasteiger partial charge in [0, 0.05) is 23.4 Å². The summed E-state index contributed by atoms with van der Waals surface area (Å²) in [6.07, 6.45) is 2.92. The minimum Gasteiger partial charge on any atom is -0.454 e. The Bertz CT molecular complexity index is 1050. The number of benzene rings is 2. The molecule has 1 atom stereocenters. The van der Waals surface area contributed by atoms with Gasteiger partial charge in [0.15, 0.2) is 23.0 Å². The topological polar surface area (TPSA) is 40.2 Å². The Balaban J connectivity index is 1.59. The average Bonchev–Trinajstić information content (AvgIpc) is 3.32. The Morgan fingerprint density at radius 3 is 2.50 bits per heavy atom. The van der Waals surface area contributed by atoms with Gasteiger partial charge < -0.3 is 23.8 Å². The van der Waals surface area contributed by atoms with Crippen LogP contribution in [0.25, 0.3) is 11.8 Å². The number of alkyl halides is 3. The van der Waals surface area contributed by atoms with E-state index in [2.05, 4.69) is 17.0 Å². The average molecular weight is 439 g/mol. The minimum atomic E-state index is -1.55. The Morgan fingerprint density at radius 1 is 0.929 bits per heavy atom. The molecule has 2 aromatic rings. The summed E-state index contributed by atoms with van der Waals surface area (Å²) < 4.78 is 20.9. The number of fused-ring (bicyclic) bond motifs is 7. The van der Waals surface area contributed by atoms with Crippen LogP contribution < -0.4 is 18.9 Å². The zero-order valence-electron chi connectivity index (χ0n) is 14.5. The molecule has 4 aliphatic heterocycles. The summed E-state index contributed by atoms with van der Waals surface area (Å²) in [4.78, 5) is 2.14. The van der Waals surface area contributed by atoms with Crippen molar-refractivity contribution in [1.82, 2.24) is 4.90 Å². The fourth-order valence-corrected chi connectivity index (χ4v) is 5.12. The van der Waals surface area contributed by atoms with Gasteiger partial charge in [-0.05, 0) is 41.8 Å². The van der Waals surface area contributed by atoms with Crippen LogP contribution in [0.1, 0.15) is 28.3 Å². The second-order valence-corrected chi connectivity index (χ2v) is 9.45. The fraction of sp³-hybridized carbons (Fsp3) is 0.300. The van der Waals surface area contributed by atoms with E-state index in [1.165, 1.54) is 5.56 Å². The Kier molecular flexibility index (Phi) is 3.50. The molecule has 0 fully saturated rings. The highest BCUT2D eigenvalue weighted by atomic mass is 35.6. The molecule has 0 aromatic heterocycles. The van der Waals surface area contributed by atoms with Crippen LogP contribution in [0.15, 0.2) is 24.3 Å². The summed E-state index contributed by atoms with van der Waals surface area (Å²) in [5.41, 5.74) is 5.07. The van der Waals surface area contributed by atoms with E-state index in [1.54, 1.807) is 0 Å². The van der Waals surface area contributed by atoms with Crippen LogP contribution in [-0.2, 0) is 6.42 Å². The van der Waals surface area contributed by atoms with Gasteiger partial charge in [0.1, 0.15) is 6.04 Å². The van der Waals surface area contributed by atoms with Crippen molar-refractivity contribution in [2.45, 2.75) is 16.3 Å². The van der Waals surface area contributed by atoms with Gasteiger partial charge in [-0.25, -0.2) is 0 Å². The molecule has 144 valence electrons. The quantitative estimate of drug-likeness (QED) is 0.546. The number of ether oxygens (including phenoxy) is 4. The normalized spacial score (nSPS) is 21.0. The molecule has 0 spiro atoms. The van der Waals surface area contributed by atoms with Crippen molar-refractivity contribution in [2.24, 2.45) is 0 Å². The number of hydrogen-bond acceptors (Lipinski definition) is 5. The van der Waals surface area contributed by atoms with Gasteiger partial charge in [-0.3, -0.25) is 0 Å². The van der Waals surface area contributed by atoms with E-state index in [9.17, 15) is 0 Å². The van der Waals surface area contributed by atoms with Crippen molar-refractivity contribution < 1.29 is 18.9 Å². The smallest absolute Gasteiger partial charge is 0.231 e. The lowest BCUT2D eigenvalue weighted by atomic mass is 9.86. The predicted molar refractivity (Wildman–Crippen MR) is 106 cm³/mol. The zero-order valence-corrected chi connectivity index (χ0v) is 16.8. The van der Waals surface area contributed by atoms with Crippen LogP contribution in [0.5, 0.6) is 23.0 Å². The molecule has 6 rings (SSSR count). The molecular formula is C20H14Cl3NO4. The summed E-state index contributed by atoms with van der Waals surface area (Å²) >= 11 is 19.5. The summed E-state index contributed by atoms with van der Waals surface area (Å²) in [7, 11) is 0. The molecule has 0 amide bonds. The molecule has 0 saturated carbocycles. The maximum atomic E-state index is 6.50. The minimum absolute atomic E-state index is 0.168. The monoisotopic (exact) mass is 437 g/mol. The second kappa shape index (κ2) is 5.78.